The van der Waals surface area contributed by atoms with Crippen LogP contribution in [0.1, 0.15) is 5.56 Å². The lowest BCUT2D eigenvalue weighted by Crippen LogP contribution is -2.05. The van der Waals surface area contributed by atoms with E-state index in [0.29, 0.717) is 0 Å². The van der Waals surface area contributed by atoms with Crippen LogP contribution in [0.4, 0.5) is 5.82 Å². The van der Waals surface area contributed by atoms with E-state index >= 15 is 0 Å². The Morgan fingerprint density at radius 3 is 2.95 bits per heavy atom. The zero-order valence-electron chi connectivity index (χ0n) is 12.2. The van der Waals surface area contributed by atoms with Gasteiger partial charge < -0.3 is 10.1 Å². The smallest absolute Gasteiger partial charge is 0.144 e. The lowest BCUT2D eigenvalue weighted by molar-refractivity contribution is 0.412. The van der Waals surface area contributed by atoms with Crippen LogP contribution < -0.4 is 10.1 Å². The van der Waals surface area contributed by atoms with Crippen molar-refractivity contribution in [2.45, 2.75) is 6.42 Å². The Bertz CT molecular complexity index is 813. The number of ether oxygens (including phenoxy) is 1. The van der Waals surface area contributed by atoms with Crippen LogP contribution in [0, 0.1) is 0 Å². The molecule has 0 saturated heterocycles. The first-order valence-corrected chi connectivity index (χ1v) is 7.14. The monoisotopic (exact) mass is 293 g/mol. The first kappa shape index (κ1) is 12.8. The SMILES string of the molecule is COc1ccccc1-n1nc(-c2cnccn2)c2c1NCC2. The van der Waals surface area contributed by atoms with E-state index in [2.05, 4.69) is 15.3 Å². The molecule has 0 unspecified atom stereocenters. The van der Waals surface area contributed by atoms with E-state index in [1.54, 1.807) is 25.7 Å². The van der Waals surface area contributed by atoms with E-state index in [4.69, 9.17) is 9.84 Å². The van der Waals surface area contributed by atoms with Crippen molar-refractivity contribution in [2.75, 3.05) is 19.0 Å². The lowest BCUT2D eigenvalue weighted by atomic mass is 10.1. The van der Waals surface area contributed by atoms with Gasteiger partial charge in [0.25, 0.3) is 0 Å². The highest BCUT2D eigenvalue weighted by Crippen LogP contribution is 2.35. The molecule has 1 aliphatic rings. The van der Waals surface area contributed by atoms with Crippen molar-refractivity contribution in [1.29, 1.82) is 0 Å². The Labute approximate surface area is 127 Å². The van der Waals surface area contributed by atoms with Gasteiger partial charge >= 0.3 is 0 Å². The Morgan fingerprint density at radius 2 is 2.14 bits per heavy atom. The fraction of sp³-hybridized carbons (Fsp3) is 0.188. The van der Waals surface area contributed by atoms with Gasteiger partial charge in [0.2, 0.25) is 0 Å². The summed E-state index contributed by atoms with van der Waals surface area (Å²) in [7, 11) is 1.67. The van der Waals surface area contributed by atoms with Crippen LogP contribution in [0.25, 0.3) is 17.1 Å². The number of nitrogens with zero attached hydrogens (tertiary/aromatic N) is 4. The van der Waals surface area contributed by atoms with E-state index in [-0.39, 0.29) is 0 Å². The molecule has 2 aromatic heterocycles. The van der Waals surface area contributed by atoms with Gasteiger partial charge in [-0.05, 0) is 18.6 Å². The van der Waals surface area contributed by atoms with Gasteiger partial charge in [-0.3, -0.25) is 9.97 Å². The molecule has 110 valence electrons. The van der Waals surface area contributed by atoms with Crippen LogP contribution in [0.3, 0.4) is 0 Å². The first-order valence-electron chi connectivity index (χ1n) is 7.14. The molecule has 0 amide bonds. The van der Waals surface area contributed by atoms with Crippen LogP contribution in [-0.4, -0.2) is 33.4 Å². The second kappa shape index (κ2) is 5.14. The largest absolute Gasteiger partial charge is 0.494 e. The number of nitrogens with one attached hydrogen (secondary N) is 1. The summed E-state index contributed by atoms with van der Waals surface area (Å²) in [5.74, 6) is 1.79. The number of hydrogen-bond acceptors (Lipinski definition) is 5. The highest BCUT2D eigenvalue weighted by molar-refractivity contribution is 5.71. The third-order valence-corrected chi connectivity index (χ3v) is 3.77. The highest BCUT2D eigenvalue weighted by atomic mass is 16.5. The molecule has 0 aliphatic carbocycles. The Kier molecular flexibility index (Phi) is 3.00. The molecule has 0 bridgehead atoms. The second-order valence-electron chi connectivity index (χ2n) is 5.03. The minimum atomic E-state index is 0.784. The average Bonchev–Trinajstić information content (AvgIpc) is 3.18. The van der Waals surface area contributed by atoms with Crippen molar-refractivity contribution < 1.29 is 4.74 Å². The van der Waals surface area contributed by atoms with Crippen LogP contribution in [0.2, 0.25) is 0 Å². The molecule has 0 atom stereocenters. The molecular formula is C16H15N5O. The van der Waals surface area contributed by atoms with Crippen molar-refractivity contribution in [2.24, 2.45) is 0 Å². The van der Waals surface area contributed by atoms with E-state index in [9.17, 15) is 0 Å². The number of para-hydroxylation sites is 2. The fourth-order valence-corrected chi connectivity index (χ4v) is 2.78. The maximum absolute atomic E-state index is 5.46. The molecular weight excluding hydrogens is 278 g/mol. The van der Waals surface area contributed by atoms with Gasteiger partial charge in [-0.15, -0.1) is 0 Å². The molecule has 1 N–H and O–H groups in total. The van der Waals surface area contributed by atoms with Crippen molar-refractivity contribution >= 4 is 5.82 Å². The summed E-state index contributed by atoms with van der Waals surface area (Å²) >= 11 is 0. The number of aromatic nitrogens is 4. The van der Waals surface area contributed by atoms with Crippen LogP contribution in [-0.2, 0) is 6.42 Å². The molecule has 3 aromatic rings. The van der Waals surface area contributed by atoms with Crippen LogP contribution in [0.15, 0.2) is 42.9 Å². The summed E-state index contributed by atoms with van der Waals surface area (Å²) in [6, 6.07) is 7.85. The van der Waals surface area contributed by atoms with E-state index in [0.717, 1.165) is 41.6 Å². The van der Waals surface area contributed by atoms with E-state index in [1.165, 1.54) is 5.56 Å². The van der Waals surface area contributed by atoms with Gasteiger partial charge in [-0.2, -0.15) is 5.10 Å². The molecule has 1 aliphatic heterocycles. The molecule has 0 radical (unpaired) electrons. The van der Waals surface area contributed by atoms with Crippen LogP contribution in [0.5, 0.6) is 5.75 Å². The quantitative estimate of drug-likeness (QED) is 0.802. The predicted octanol–water partition coefficient (Wildman–Crippen LogP) is 2.31. The summed E-state index contributed by atoms with van der Waals surface area (Å²) in [4.78, 5) is 8.52. The minimum Gasteiger partial charge on any atom is -0.494 e. The number of anilines is 1. The zero-order chi connectivity index (χ0) is 14.9. The summed E-state index contributed by atoms with van der Waals surface area (Å²) in [6.07, 6.45) is 6.02. The molecule has 4 rings (SSSR count). The molecule has 0 fully saturated rings. The molecule has 22 heavy (non-hydrogen) atoms. The number of methoxy groups -OCH3 is 1. The molecule has 6 nitrogen and oxygen atoms in total. The van der Waals surface area contributed by atoms with E-state index < -0.39 is 0 Å². The van der Waals surface area contributed by atoms with Gasteiger partial charge in [0, 0.05) is 24.5 Å². The predicted molar refractivity (Wildman–Crippen MR) is 83.3 cm³/mol. The number of rotatable bonds is 3. The minimum absolute atomic E-state index is 0.784. The molecule has 1 aromatic carbocycles. The average molecular weight is 293 g/mol. The standard InChI is InChI=1S/C16H15N5O/c1-22-14-5-3-2-4-13(14)21-16-11(6-7-19-16)15(20-21)12-10-17-8-9-18-12/h2-5,8-10,19H,6-7H2,1H3. The summed E-state index contributed by atoms with van der Waals surface area (Å²) in [5.41, 5.74) is 3.74. The highest BCUT2D eigenvalue weighted by Gasteiger charge is 2.25. The third-order valence-electron chi connectivity index (χ3n) is 3.77. The van der Waals surface area contributed by atoms with Crippen molar-refractivity contribution in [1.82, 2.24) is 19.7 Å². The molecule has 0 spiro atoms. The molecule has 6 heteroatoms. The van der Waals surface area contributed by atoms with E-state index in [1.807, 2.05) is 28.9 Å². The maximum Gasteiger partial charge on any atom is 0.144 e. The van der Waals surface area contributed by atoms with Crippen molar-refractivity contribution in [3.8, 4) is 22.8 Å². The number of fused-ring (bicyclic) bond motifs is 1. The Hall–Kier alpha value is -2.89. The fourth-order valence-electron chi connectivity index (χ4n) is 2.78. The van der Waals surface area contributed by atoms with Gasteiger partial charge in [0.15, 0.2) is 0 Å². The Balaban J connectivity index is 1.92. The summed E-state index contributed by atoms with van der Waals surface area (Å²) in [6.45, 7) is 0.898. The Morgan fingerprint density at radius 1 is 1.23 bits per heavy atom. The maximum atomic E-state index is 5.46. The third kappa shape index (κ3) is 1.92. The first-order chi connectivity index (χ1) is 10.9. The summed E-state index contributed by atoms with van der Waals surface area (Å²) in [5, 5.41) is 8.16. The van der Waals surface area contributed by atoms with Gasteiger partial charge in [-0.1, -0.05) is 12.1 Å². The number of benzene rings is 1. The number of hydrogen-bond donors (Lipinski definition) is 1. The van der Waals surface area contributed by atoms with Crippen molar-refractivity contribution in [3.05, 3.63) is 48.4 Å². The van der Waals surface area contributed by atoms with Crippen molar-refractivity contribution in [3.63, 3.8) is 0 Å². The van der Waals surface area contributed by atoms with Gasteiger partial charge in [0.1, 0.15) is 28.6 Å². The van der Waals surface area contributed by atoms with Crippen LogP contribution >= 0.6 is 0 Å². The zero-order valence-corrected chi connectivity index (χ0v) is 12.2. The van der Waals surface area contributed by atoms with Gasteiger partial charge in [0.05, 0.1) is 13.3 Å². The normalized spacial score (nSPS) is 12.8. The molecule has 3 heterocycles. The lowest BCUT2D eigenvalue weighted by Gasteiger charge is -2.10. The summed E-state index contributed by atoms with van der Waals surface area (Å²) < 4.78 is 7.35. The topological polar surface area (TPSA) is 64.9 Å². The second-order valence-corrected chi connectivity index (χ2v) is 5.03. The van der Waals surface area contributed by atoms with Gasteiger partial charge in [-0.25, -0.2) is 4.68 Å². The molecule has 0 saturated carbocycles.